The number of aryl methyl sites for hydroxylation is 1. The highest BCUT2D eigenvalue weighted by Crippen LogP contribution is 2.25. The van der Waals surface area contributed by atoms with Crippen molar-refractivity contribution in [2.45, 2.75) is 6.92 Å². The number of rotatable bonds is 4. The van der Waals surface area contributed by atoms with E-state index in [9.17, 15) is 4.79 Å². The zero-order valence-electron chi connectivity index (χ0n) is 12.2. The first-order chi connectivity index (χ1) is 9.56. The third kappa shape index (κ3) is 3.68. The molecule has 0 spiro atoms. The molecule has 0 unspecified atom stereocenters. The van der Waals surface area contributed by atoms with Crippen LogP contribution in [0.2, 0.25) is 0 Å². The number of carbonyl (C=O) groups excluding carboxylic acids is 1. The average molecular weight is 268 g/mol. The summed E-state index contributed by atoms with van der Waals surface area (Å²) in [5.74, 6) is 0.00172. The molecule has 2 aromatic rings. The van der Waals surface area contributed by atoms with Crippen molar-refractivity contribution in [1.29, 1.82) is 0 Å². The molecule has 1 amide bonds. The minimum Gasteiger partial charge on any atom is -0.325 e. The van der Waals surface area contributed by atoms with E-state index in [1.807, 2.05) is 49.3 Å². The summed E-state index contributed by atoms with van der Waals surface area (Å²) in [5.41, 5.74) is 4.38. The molecule has 2 rings (SSSR count). The number of anilines is 1. The molecule has 0 radical (unpaired) electrons. The Balaban J connectivity index is 2.16. The Kier molecular flexibility index (Phi) is 4.53. The predicted octanol–water partition coefficient (Wildman–Crippen LogP) is 3.16. The molecule has 0 aromatic heterocycles. The van der Waals surface area contributed by atoms with Gasteiger partial charge in [-0.25, -0.2) is 0 Å². The van der Waals surface area contributed by atoms with E-state index >= 15 is 0 Å². The maximum absolute atomic E-state index is 11.7. The van der Waals surface area contributed by atoms with Gasteiger partial charge < -0.3 is 10.2 Å². The van der Waals surface area contributed by atoms with E-state index in [0.29, 0.717) is 6.54 Å². The van der Waals surface area contributed by atoms with Crippen LogP contribution in [0.4, 0.5) is 5.69 Å². The summed E-state index contributed by atoms with van der Waals surface area (Å²) >= 11 is 0. The molecule has 104 valence electrons. The van der Waals surface area contributed by atoms with Gasteiger partial charge >= 0.3 is 0 Å². The number of nitrogens with one attached hydrogen (secondary N) is 1. The van der Waals surface area contributed by atoms with Crippen molar-refractivity contribution in [2.75, 3.05) is 26.0 Å². The van der Waals surface area contributed by atoms with Crippen molar-refractivity contribution in [3.8, 4) is 11.1 Å². The standard InChI is InChI=1S/C17H20N2O/c1-13-11-15(18-17(20)12-19(2)3)9-10-16(13)14-7-5-4-6-8-14/h4-11H,12H2,1-3H3,(H,18,20). The average Bonchev–Trinajstić information content (AvgIpc) is 2.38. The second-order valence-corrected chi connectivity index (χ2v) is 5.18. The van der Waals surface area contributed by atoms with Gasteiger partial charge in [-0.1, -0.05) is 36.4 Å². The SMILES string of the molecule is Cc1cc(NC(=O)CN(C)C)ccc1-c1ccccc1. The van der Waals surface area contributed by atoms with Crippen LogP contribution in [0.5, 0.6) is 0 Å². The number of likely N-dealkylation sites (N-methyl/N-ethyl adjacent to an activating group) is 1. The third-order valence-corrected chi connectivity index (χ3v) is 3.05. The fourth-order valence-corrected chi connectivity index (χ4v) is 2.17. The molecule has 0 saturated carbocycles. The summed E-state index contributed by atoms with van der Waals surface area (Å²) in [6, 6.07) is 16.3. The van der Waals surface area contributed by atoms with E-state index in [4.69, 9.17) is 0 Å². The molecule has 0 aliphatic carbocycles. The topological polar surface area (TPSA) is 32.3 Å². The van der Waals surface area contributed by atoms with Crippen molar-refractivity contribution in [3.63, 3.8) is 0 Å². The van der Waals surface area contributed by atoms with Crippen LogP contribution in [0, 0.1) is 6.92 Å². The summed E-state index contributed by atoms with van der Waals surface area (Å²) in [5, 5.41) is 2.91. The molecule has 0 bridgehead atoms. The highest BCUT2D eigenvalue weighted by molar-refractivity contribution is 5.92. The second kappa shape index (κ2) is 6.35. The quantitative estimate of drug-likeness (QED) is 0.923. The van der Waals surface area contributed by atoms with Crippen molar-refractivity contribution in [1.82, 2.24) is 4.90 Å². The molecule has 0 aliphatic heterocycles. The van der Waals surface area contributed by atoms with E-state index in [1.54, 1.807) is 0 Å². The van der Waals surface area contributed by atoms with Crippen LogP contribution in [0.15, 0.2) is 48.5 Å². The zero-order valence-corrected chi connectivity index (χ0v) is 12.2. The van der Waals surface area contributed by atoms with Gasteiger partial charge in [-0.05, 0) is 49.8 Å². The van der Waals surface area contributed by atoms with Gasteiger partial charge in [-0.15, -0.1) is 0 Å². The Morgan fingerprint density at radius 2 is 1.80 bits per heavy atom. The maximum Gasteiger partial charge on any atom is 0.238 e. The predicted molar refractivity (Wildman–Crippen MR) is 83.8 cm³/mol. The van der Waals surface area contributed by atoms with Crippen molar-refractivity contribution < 1.29 is 4.79 Å². The van der Waals surface area contributed by atoms with Crippen LogP contribution in [0.25, 0.3) is 11.1 Å². The largest absolute Gasteiger partial charge is 0.325 e. The van der Waals surface area contributed by atoms with Crippen LogP contribution < -0.4 is 5.32 Å². The summed E-state index contributed by atoms with van der Waals surface area (Å²) in [6.07, 6.45) is 0. The Hall–Kier alpha value is -2.13. The van der Waals surface area contributed by atoms with E-state index in [-0.39, 0.29) is 5.91 Å². The number of hydrogen-bond acceptors (Lipinski definition) is 2. The lowest BCUT2D eigenvalue weighted by atomic mass is 10.00. The van der Waals surface area contributed by atoms with Crippen LogP contribution in [0.1, 0.15) is 5.56 Å². The van der Waals surface area contributed by atoms with E-state index in [2.05, 4.69) is 30.4 Å². The van der Waals surface area contributed by atoms with Gasteiger partial charge in [0.25, 0.3) is 0 Å². The summed E-state index contributed by atoms with van der Waals surface area (Å²) < 4.78 is 0. The molecule has 3 heteroatoms. The first kappa shape index (κ1) is 14.3. The summed E-state index contributed by atoms with van der Waals surface area (Å²) in [4.78, 5) is 13.6. The fourth-order valence-electron chi connectivity index (χ4n) is 2.17. The van der Waals surface area contributed by atoms with Gasteiger partial charge in [-0.2, -0.15) is 0 Å². The first-order valence-corrected chi connectivity index (χ1v) is 6.67. The van der Waals surface area contributed by atoms with Crippen LogP contribution in [-0.2, 0) is 4.79 Å². The van der Waals surface area contributed by atoms with Gasteiger partial charge in [0.2, 0.25) is 5.91 Å². The maximum atomic E-state index is 11.7. The molecule has 0 fully saturated rings. The number of benzene rings is 2. The third-order valence-electron chi connectivity index (χ3n) is 3.05. The van der Waals surface area contributed by atoms with Crippen LogP contribution in [-0.4, -0.2) is 31.4 Å². The van der Waals surface area contributed by atoms with E-state index < -0.39 is 0 Å². The van der Waals surface area contributed by atoms with Gasteiger partial charge in [0.05, 0.1) is 6.54 Å². The molecular formula is C17H20N2O. The van der Waals surface area contributed by atoms with Crippen LogP contribution >= 0.6 is 0 Å². The second-order valence-electron chi connectivity index (χ2n) is 5.18. The molecule has 0 aliphatic rings. The van der Waals surface area contributed by atoms with E-state index in [0.717, 1.165) is 11.3 Å². The lowest BCUT2D eigenvalue weighted by Gasteiger charge is -2.12. The minimum absolute atomic E-state index is 0.00172. The van der Waals surface area contributed by atoms with Crippen molar-refractivity contribution >= 4 is 11.6 Å². The number of hydrogen-bond donors (Lipinski definition) is 1. The van der Waals surface area contributed by atoms with Gasteiger partial charge in [0.15, 0.2) is 0 Å². The molecule has 1 N–H and O–H groups in total. The van der Waals surface area contributed by atoms with Gasteiger partial charge in [0.1, 0.15) is 0 Å². The van der Waals surface area contributed by atoms with Gasteiger partial charge in [-0.3, -0.25) is 4.79 Å². The molecule has 3 nitrogen and oxygen atoms in total. The summed E-state index contributed by atoms with van der Waals surface area (Å²) in [7, 11) is 3.76. The highest BCUT2D eigenvalue weighted by atomic mass is 16.2. The lowest BCUT2D eigenvalue weighted by molar-refractivity contribution is -0.116. The number of carbonyl (C=O) groups is 1. The monoisotopic (exact) mass is 268 g/mol. The summed E-state index contributed by atoms with van der Waals surface area (Å²) in [6.45, 7) is 2.45. The van der Waals surface area contributed by atoms with Crippen molar-refractivity contribution in [3.05, 3.63) is 54.1 Å². The Morgan fingerprint density at radius 3 is 2.40 bits per heavy atom. The highest BCUT2D eigenvalue weighted by Gasteiger charge is 2.06. The van der Waals surface area contributed by atoms with Gasteiger partial charge in [0, 0.05) is 5.69 Å². The Bertz CT molecular complexity index is 591. The normalized spacial score (nSPS) is 10.6. The molecular weight excluding hydrogens is 248 g/mol. The Morgan fingerprint density at radius 1 is 1.10 bits per heavy atom. The Labute approximate surface area is 120 Å². The first-order valence-electron chi connectivity index (χ1n) is 6.67. The lowest BCUT2D eigenvalue weighted by Crippen LogP contribution is -2.27. The molecule has 0 saturated heterocycles. The van der Waals surface area contributed by atoms with E-state index in [1.165, 1.54) is 11.1 Å². The number of nitrogens with zero attached hydrogens (tertiary/aromatic N) is 1. The zero-order chi connectivity index (χ0) is 14.5. The smallest absolute Gasteiger partial charge is 0.238 e. The minimum atomic E-state index is 0.00172. The molecule has 0 heterocycles. The fraction of sp³-hybridized carbons (Fsp3) is 0.235. The number of amides is 1. The molecule has 2 aromatic carbocycles. The van der Waals surface area contributed by atoms with Crippen molar-refractivity contribution in [2.24, 2.45) is 0 Å². The molecule has 0 atom stereocenters. The van der Waals surface area contributed by atoms with Crippen LogP contribution in [0.3, 0.4) is 0 Å². The molecule has 20 heavy (non-hydrogen) atoms.